The van der Waals surface area contributed by atoms with Crippen molar-refractivity contribution in [1.29, 1.82) is 0 Å². The first kappa shape index (κ1) is 22.5. The second-order valence-corrected chi connectivity index (χ2v) is 7.59. The molecule has 1 N–H and O–H groups in total. The largest absolute Gasteiger partial charge is 0.493 e. The number of likely N-dealkylation sites (tertiary alicyclic amines) is 1. The average molecular weight is 391 g/mol. The predicted octanol–water partition coefficient (Wildman–Crippen LogP) is 5.11. The molecule has 1 aliphatic heterocycles. The van der Waals surface area contributed by atoms with Crippen LogP contribution in [0.5, 0.6) is 5.75 Å². The van der Waals surface area contributed by atoms with Gasteiger partial charge in [-0.25, -0.2) is 4.79 Å². The van der Waals surface area contributed by atoms with Crippen molar-refractivity contribution in [1.82, 2.24) is 4.90 Å². The van der Waals surface area contributed by atoms with Gasteiger partial charge in [-0.2, -0.15) is 0 Å². The van der Waals surface area contributed by atoms with E-state index in [1.807, 2.05) is 18.2 Å². The molecule has 1 aliphatic rings. The van der Waals surface area contributed by atoms with Gasteiger partial charge in [-0.1, -0.05) is 33.1 Å². The maximum atomic E-state index is 12.6. The fourth-order valence-corrected chi connectivity index (χ4v) is 3.37. The van der Waals surface area contributed by atoms with Crippen LogP contribution in [-0.4, -0.2) is 50.3 Å². The van der Waals surface area contributed by atoms with Gasteiger partial charge in [0.15, 0.2) is 0 Å². The minimum Gasteiger partial charge on any atom is -0.493 e. The fraction of sp³-hybridized carbons (Fsp3) is 0.696. The van der Waals surface area contributed by atoms with E-state index in [4.69, 9.17) is 9.47 Å². The number of anilines is 1. The Labute approximate surface area is 170 Å². The van der Waals surface area contributed by atoms with Crippen molar-refractivity contribution in [3.63, 3.8) is 0 Å². The van der Waals surface area contributed by atoms with Crippen molar-refractivity contribution in [2.75, 3.05) is 44.7 Å². The Bertz CT molecular complexity index is 571. The standard InChI is InChI=1S/C23H38N2O3/c1-3-5-13-24-20-11-12-21(22(19-20)27-17-6-4-2)23(26)28-18-10-16-25-14-8-7-9-15-25/h11-12,19,24H,3-10,13-18H2,1-2H3. The monoisotopic (exact) mass is 390 g/mol. The average Bonchev–Trinajstić information content (AvgIpc) is 2.72. The minimum atomic E-state index is -0.287. The molecule has 0 unspecified atom stereocenters. The Balaban J connectivity index is 1.87. The molecule has 5 nitrogen and oxygen atoms in total. The lowest BCUT2D eigenvalue weighted by atomic mass is 10.1. The summed E-state index contributed by atoms with van der Waals surface area (Å²) >= 11 is 0. The molecule has 1 saturated heterocycles. The molecule has 1 aromatic carbocycles. The van der Waals surface area contributed by atoms with Gasteiger partial charge in [-0.3, -0.25) is 0 Å². The molecular weight excluding hydrogens is 352 g/mol. The Hall–Kier alpha value is -1.75. The zero-order chi connectivity index (χ0) is 20.0. The highest BCUT2D eigenvalue weighted by Crippen LogP contribution is 2.25. The molecule has 0 radical (unpaired) electrons. The number of hydrogen-bond donors (Lipinski definition) is 1. The Kier molecular flexibility index (Phi) is 10.8. The van der Waals surface area contributed by atoms with Crippen molar-refractivity contribution in [2.45, 2.75) is 65.2 Å². The van der Waals surface area contributed by atoms with Crippen molar-refractivity contribution in [3.8, 4) is 5.75 Å². The molecule has 0 atom stereocenters. The number of piperidine rings is 1. The highest BCUT2D eigenvalue weighted by Gasteiger charge is 2.16. The molecule has 2 rings (SSSR count). The predicted molar refractivity (Wildman–Crippen MR) is 115 cm³/mol. The van der Waals surface area contributed by atoms with Crippen molar-refractivity contribution >= 4 is 11.7 Å². The van der Waals surface area contributed by atoms with E-state index in [1.54, 1.807) is 0 Å². The third kappa shape index (κ3) is 8.09. The number of rotatable bonds is 13. The van der Waals surface area contributed by atoms with Gasteiger partial charge >= 0.3 is 5.97 Å². The Morgan fingerprint density at radius 2 is 1.82 bits per heavy atom. The summed E-state index contributed by atoms with van der Waals surface area (Å²) < 4.78 is 11.4. The third-order valence-corrected chi connectivity index (χ3v) is 5.12. The van der Waals surface area contributed by atoms with Crippen LogP contribution in [0.25, 0.3) is 0 Å². The molecule has 0 aliphatic carbocycles. The zero-order valence-electron chi connectivity index (χ0n) is 17.8. The lowest BCUT2D eigenvalue weighted by molar-refractivity contribution is 0.0481. The molecule has 0 spiro atoms. The van der Waals surface area contributed by atoms with Gasteiger partial charge in [-0.15, -0.1) is 0 Å². The Morgan fingerprint density at radius 3 is 2.57 bits per heavy atom. The molecule has 0 bridgehead atoms. The van der Waals surface area contributed by atoms with Crippen LogP contribution >= 0.6 is 0 Å². The number of unbranched alkanes of at least 4 members (excludes halogenated alkanes) is 2. The van der Waals surface area contributed by atoms with Crippen molar-refractivity contribution in [3.05, 3.63) is 23.8 Å². The lowest BCUT2D eigenvalue weighted by Gasteiger charge is -2.26. The van der Waals surface area contributed by atoms with Gasteiger partial charge in [0.2, 0.25) is 0 Å². The van der Waals surface area contributed by atoms with Crippen LogP contribution in [0.1, 0.15) is 75.6 Å². The molecule has 0 amide bonds. The number of nitrogens with zero attached hydrogens (tertiary/aromatic N) is 1. The van der Waals surface area contributed by atoms with E-state index < -0.39 is 0 Å². The summed E-state index contributed by atoms with van der Waals surface area (Å²) in [5, 5.41) is 3.39. The quantitative estimate of drug-likeness (QED) is 0.375. The Morgan fingerprint density at radius 1 is 1.04 bits per heavy atom. The first-order valence-electron chi connectivity index (χ1n) is 11.1. The summed E-state index contributed by atoms with van der Waals surface area (Å²) in [5.41, 5.74) is 1.51. The summed E-state index contributed by atoms with van der Waals surface area (Å²) in [6.45, 7) is 9.66. The van der Waals surface area contributed by atoms with Gasteiger partial charge in [-0.05, 0) is 57.3 Å². The second kappa shape index (κ2) is 13.4. The van der Waals surface area contributed by atoms with Crippen LogP contribution < -0.4 is 10.1 Å². The lowest BCUT2D eigenvalue weighted by Crippen LogP contribution is -2.31. The van der Waals surface area contributed by atoms with Gasteiger partial charge in [0.25, 0.3) is 0 Å². The molecule has 0 aromatic heterocycles. The summed E-state index contributed by atoms with van der Waals surface area (Å²) in [4.78, 5) is 15.1. The summed E-state index contributed by atoms with van der Waals surface area (Å²) in [6, 6.07) is 5.69. The molecule has 158 valence electrons. The normalized spacial score (nSPS) is 14.6. The van der Waals surface area contributed by atoms with Gasteiger partial charge in [0, 0.05) is 24.8 Å². The molecular formula is C23H38N2O3. The van der Waals surface area contributed by atoms with Crippen LogP contribution in [0.4, 0.5) is 5.69 Å². The molecule has 5 heteroatoms. The first-order chi connectivity index (χ1) is 13.7. The summed E-state index contributed by atoms with van der Waals surface area (Å²) in [6.07, 6.45) is 9.10. The van der Waals surface area contributed by atoms with Gasteiger partial charge in [0.05, 0.1) is 13.2 Å². The highest BCUT2D eigenvalue weighted by molar-refractivity contribution is 5.93. The van der Waals surface area contributed by atoms with E-state index in [2.05, 4.69) is 24.1 Å². The van der Waals surface area contributed by atoms with Gasteiger partial charge < -0.3 is 19.7 Å². The van der Waals surface area contributed by atoms with E-state index in [0.29, 0.717) is 24.5 Å². The molecule has 28 heavy (non-hydrogen) atoms. The highest BCUT2D eigenvalue weighted by atomic mass is 16.5. The fourth-order valence-electron chi connectivity index (χ4n) is 3.37. The first-order valence-corrected chi connectivity index (χ1v) is 11.1. The summed E-state index contributed by atoms with van der Waals surface area (Å²) in [7, 11) is 0. The third-order valence-electron chi connectivity index (χ3n) is 5.12. The number of hydrogen-bond acceptors (Lipinski definition) is 5. The number of benzene rings is 1. The van der Waals surface area contributed by atoms with Crippen molar-refractivity contribution < 1.29 is 14.3 Å². The van der Waals surface area contributed by atoms with Crippen molar-refractivity contribution in [2.24, 2.45) is 0 Å². The SMILES string of the molecule is CCCCNc1ccc(C(=O)OCCCN2CCCCC2)c(OCCCC)c1. The van der Waals surface area contributed by atoms with Crippen LogP contribution in [0, 0.1) is 0 Å². The number of esters is 1. The number of ether oxygens (including phenoxy) is 2. The molecule has 1 heterocycles. The zero-order valence-corrected chi connectivity index (χ0v) is 17.8. The summed E-state index contributed by atoms with van der Waals surface area (Å²) in [5.74, 6) is 0.334. The number of carbonyl (C=O) groups is 1. The van der Waals surface area contributed by atoms with Crippen LogP contribution in [0.3, 0.4) is 0 Å². The smallest absolute Gasteiger partial charge is 0.341 e. The van der Waals surface area contributed by atoms with E-state index in [0.717, 1.165) is 50.9 Å². The number of carbonyl (C=O) groups excluding carboxylic acids is 1. The molecule has 0 saturated carbocycles. The minimum absolute atomic E-state index is 0.287. The molecule has 1 aromatic rings. The van der Waals surface area contributed by atoms with Crippen LogP contribution in [0.15, 0.2) is 18.2 Å². The van der Waals surface area contributed by atoms with E-state index >= 15 is 0 Å². The topological polar surface area (TPSA) is 50.8 Å². The maximum absolute atomic E-state index is 12.6. The van der Waals surface area contributed by atoms with E-state index in [-0.39, 0.29) is 5.97 Å². The second-order valence-electron chi connectivity index (χ2n) is 7.59. The maximum Gasteiger partial charge on any atom is 0.341 e. The number of nitrogens with one attached hydrogen (secondary N) is 1. The van der Waals surface area contributed by atoms with Gasteiger partial charge in [0.1, 0.15) is 11.3 Å². The van der Waals surface area contributed by atoms with Crippen LogP contribution in [0.2, 0.25) is 0 Å². The van der Waals surface area contributed by atoms with E-state index in [9.17, 15) is 4.79 Å². The molecule has 1 fully saturated rings. The van der Waals surface area contributed by atoms with Crippen LogP contribution in [-0.2, 0) is 4.74 Å². The van der Waals surface area contributed by atoms with E-state index in [1.165, 1.54) is 32.4 Å².